The molecule has 0 fully saturated rings. The Bertz CT molecular complexity index is 659. The minimum Gasteiger partial charge on any atom is -0.405 e. The average molecular weight is 361 g/mol. The highest BCUT2D eigenvalue weighted by molar-refractivity contribution is 9.10. The second-order valence-electron chi connectivity index (χ2n) is 4.39. The van der Waals surface area contributed by atoms with Crippen LogP contribution in [0.2, 0.25) is 0 Å². The van der Waals surface area contributed by atoms with Crippen molar-refractivity contribution >= 4 is 33.0 Å². The lowest BCUT2D eigenvalue weighted by atomic mass is 10.1. The van der Waals surface area contributed by atoms with Gasteiger partial charge < -0.3 is 15.8 Å². The van der Waals surface area contributed by atoms with Gasteiger partial charge in [-0.3, -0.25) is 0 Å². The zero-order chi connectivity index (χ0) is 15.6. The van der Waals surface area contributed by atoms with Gasteiger partial charge in [0.15, 0.2) is 0 Å². The van der Waals surface area contributed by atoms with Crippen molar-refractivity contribution in [1.29, 1.82) is 0 Å². The lowest BCUT2D eigenvalue weighted by Crippen LogP contribution is -2.17. The van der Waals surface area contributed by atoms with Crippen LogP contribution in [-0.2, 0) is 0 Å². The number of ether oxygens (including phenoxy) is 1. The monoisotopic (exact) mass is 360 g/mol. The summed E-state index contributed by atoms with van der Waals surface area (Å²) < 4.78 is 40.7. The normalized spacial score (nSPS) is 11.3. The van der Waals surface area contributed by atoms with Crippen LogP contribution < -0.4 is 15.8 Å². The highest BCUT2D eigenvalue weighted by Gasteiger charge is 2.31. The summed E-state index contributed by atoms with van der Waals surface area (Å²) in [5.74, 6) is -0.294. The molecule has 0 unspecified atom stereocenters. The smallest absolute Gasteiger partial charge is 0.405 e. The highest BCUT2D eigenvalue weighted by atomic mass is 79.9. The minimum absolute atomic E-state index is 0.200. The fraction of sp³-hybridized carbons (Fsp3) is 0.143. The molecule has 7 heteroatoms. The zero-order valence-corrected chi connectivity index (χ0v) is 12.5. The molecule has 0 aliphatic heterocycles. The molecule has 0 aliphatic carbocycles. The third kappa shape index (κ3) is 4.29. The van der Waals surface area contributed by atoms with Crippen LogP contribution >= 0.6 is 15.9 Å². The van der Waals surface area contributed by atoms with E-state index in [4.69, 9.17) is 5.73 Å². The number of nitrogens with two attached hydrogens (primary N) is 1. The number of benzene rings is 2. The van der Waals surface area contributed by atoms with Gasteiger partial charge in [-0.15, -0.1) is 13.2 Å². The van der Waals surface area contributed by atoms with Crippen LogP contribution in [0.5, 0.6) is 5.75 Å². The Balaban J connectivity index is 2.22. The molecule has 0 spiro atoms. The van der Waals surface area contributed by atoms with Crippen molar-refractivity contribution in [2.75, 3.05) is 11.1 Å². The summed E-state index contributed by atoms with van der Waals surface area (Å²) in [5.41, 5.74) is 8.67. The van der Waals surface area contributed by atoms with Crippen molar-refractivity contribution in [2.24, 2.45) is 0 Å². The Morgan fingerprint density at radius 1 is 1.14 bits per heavy atom. The van der Waals surface area contributed by atoms with E-state index < -0.39 is 6.36 Å². The summed E-state index contributed by atoms with van der Waals surface area (Å²) in [4.78, 5) is 0. The SMILES string of the molecule is Cc1ccc(N)cc1Nc1ccc(OC(F)(F)F)c(Br)c1. The van der Waals surface area contributed by atoms with E-state index in [0.29, 0.717) is 11.4 Å². The lowest BCUT2D eigenvalue weighted by Gasteiger charge is -2.14. The van der Waals surface area contributed by atoms with Crippen LogP contribution in [0.1, 0.15) is 5.56 Å². The number of aryl methyl sites for hydroxylation is 1. The van der Waals surface area contributed by atoms with Gasteiger partial charge in [0.25, 0.3) is 0 Å². The van der Waals surface area contributed by atoms with Crippen LogP contribution in [-0.4, -0.2) is 6.36 Å². The van der Waals surface area contributed by atoms with Crippen LogP contribution in [0.3, 0.4) is 0 Å². The first-order chi connectivity index (χ1) is 9.74. The maximum Gasteiger partial charge on any atom is 0.573 e. The summed E-state index contributed by atoms with van der Waals surface area (Å²) in [5, 5.41) is 3.10. The number of halogens is 4. The number of nitrogens with one attached hydrogen (secondary N) is 1. The molecule has 0 radical (unpaired) electrons. The molecule has 2 aromatic rings. The van der Waals surface area contributed by atoms with E-state index in [-0.39, 0.29) is 10.2 Å². The second kappa shape index (κ2) is 5.85. The summed E-state index contributed by atoms with van der Waals surface area (Å²) in [6.07, 6.45) is -4.72. The third-order valence-electron chi connectivity index (χ3n) is 2.70. The first-order valence-electron chi connectivity index (χ1n) is 5.93. The average Bonchev–Trinajstić information content (AvgIpc) is 2.36. The number of alkyl halides is 3. The number of anilines is 3. The van der Waals surface area contributed by atoms with Crippen LogP contribution in [0.25, 0.3) is 0 Å². The Morgan fingerprint density at radius 3 is 2.48 bits per heavy atom. The second-order valence-corrected chi connectivity index (χ2v) is 5.25. The molecule has 21 heavy (non-hydrogen) atoms. The van der Waals surface area contributed by atoms with E-state index in [1.54, 1.807) is 12.1 Å². The fourth-order valence-electron chi connectivity index (χ4n) is 1.72. The van der Waals surface area contributed by atoms with Gasteiger partial charge in [0.1, 0.15) is 5.75 Å². The van der Waals surface area contributed by atoms with Gasteiger partial charge in [0.2, 0.25) is 0 Å². The highest BCUT2D eigenvalue weighted by Crippen LogP contribution is 2.33. The molecule has 2 aromatic carbocycles. The molecule has 0 heterocycles. The van der Waals surface area contributed by atoms with E-state index in [2.05, 4.69) is 26.0 Å². The summed E-state index contributed by atoms with van der Waals surface area (Å²) in [7, 11) is 0. The van der Waals surface area contributed by atoms with Crippen LogP contribution in [0.15, 0.2) is 40.9 Å². The number of hydrogen-bond acceptors (Lipinski definition) is 3. The predicted octanol–water partition coefficient (Wildman–Crippen LogP) is 4.98. The van der Waals surface area contributed by atoms with Crippen molar-refractivity contribution in [2.45, 2.75) is 13.3 Å². The zero-order valence-electron chi connectivity index (χ0n) is 11.0. The summed E-state index contributed by atoms with van der Waals surface area (Å²) >= 11 is 3.06. The molecule has 3 N–H and O–H groups in total. The number of hydrogen-bond donors (Lipinski definition) is 2. The minimum atomic E-state index is -4.72. The first-order valence-corrected chi connectivity index (χ1v) is 6.72. The Labute approximate surface area is 128 Å². The summed E-state index contributed by atoms with van der Waals surface area (Å²) in [6.45, 7) is 1.90. The standard InChI is InChI=1S/C14H12BrF3N2O/c1-8-2-3-9(19)6-12(8)20-10-4-5-13(11(15)7-10)21-14(16,17)18/h2-7,20H,19H2,1H3. The Hall–Kier alpha value is -1.89. The Morgan fingerprint density at radius 2 is 1.86 bits per heavy atom. The molecule has 0 bridgehead atoms. The fourth-order valence-corrected chi connectivity index (χ4v) is 2.18. The number of nitrogen functional groups attached to an aromatic ring is 1. The molecule has 0 aromatic heterocycles. The maximum atomic E-state index is 12.2. The van der Waals surface area contributed by atoms with E-state index in [1.807, 2.05) is 13.0 Å². The van der Waals surface area contributed by atoms with Gasteiger partial charge in [-0.05, 0) is 58.7 Å². The van der Waals surface area contributed by atoms with E-state index in [0.717, 1.165) is 11.3 Å². The molecule has 0 atom stereocenters. The van der Waals surface area contributed by atoms with E-state index >= 15 is 0 Å². The van der Waals surface area contributed by atoms with Gasteiger partial charge in [0.05, 0.1) is 4.47 Å². The van der Waals surface area contributed by atoms with Crippen molar-refractivity contribution in [3.63, 3.8) is 0 Å². The molecule has 3 nitrogen and oxygen atoms in total. The third-order valence-corrected chi connectivity index (χ3v) is 3.32. The summed E-state index contributed by atoms with van der Waals surface area (Å²) in [6, 6.07) is 9.62. The maximum absolute atomic E-state index is 12.2. The van der Waals surface area contributed by atoms with Crippen molar-refractivity contribution in [3.8, 4) is 5.75 Å². The number of rotatable bonds is 3. The van der Waals surface area contributed by atoms with Gasteiger partial charge >= 0.3 is 6.36 Å². The Kier molecular flexibility index (Phi) is 4.32. The van der Waals surface area contributed by atoms with Crippen molar-refractivity contribution in [1.82, 2.24) is 0 Å². The van der Waals surface area contributed by atoms with Crippen molar-refractivity contribution < 1.29 is 17.9 Å². The molecule has 112 valence electrons. The lowest BCUT2D eigenvalue weighted by molar-refractivity contribution is -0.274. The van der Waals surface area contributed by atoms with E-state index in [9.17, 15) is 13.2 Å². The van der Waals surface area contributed by atoms with Crippen LogP contribution in [0.4, 0.5) is 30.2 Å². The largest absolute Gasteiger partial charge is 0.573 e. The molecule has 0 aliphatic rings. The van der Waals surface area contributed by atoms with Crippen molar-refractivity contribution in [3.05, 3.63) is 46.4 Å². The van der Waals surface area contributed by atoms with Gasteiger partial charge in [0, 0.05) is 17.1 Å². The molecule has 2 rings (SSSR count). The van der Waals surface area contributed by atoms with Gasteiger partial charge in [-0.2, -0.15) is 0 Å². The molecule has 0 saturated carbocycles. The van der Waals surface area contributed by atoms with Gasteiger partial charge in [-0.1, -0.05) is 6.07 Å². The quantitative estimate of drug-likeness (QED) is 0.758. The van der Waals surface area contributed by atoms with Crippen LogP contribution in [0, 0.1) is 6.92 Å². The molecular formula is C14H12BrF3N2O. The topological polar surface area (TPSA) is 47.3 Å². The first kappa shape index (κ1) is 15.5. The predicted molar refractivity (Wildman–Crippen MR) is 79.7 cm³/mol. The van der Waals surface area contributed by atoms with E-state index in [1.165, 1.54) is 18.2 Å². The van der Waals surface area contributed by atoms with Gasteiger partial charge in [-0.25, -0.2) is 0 Å². The molecular weight excluding hydrogens is 349 g/mol. The molecule has 0 amide bonds. The molecule has 0 saturated heterocycles.